The van der Waals surface area contributed by atoms with E-state index in [1.165, 1.54) is 12.0 Å². The van der Waals surface area contributed by atoms with E-state index in [1.54, 1.807) is 20.8 Å². The number of nitrogens with zero attached hydrogens (tertiary/aromatic N) is 1. The van der Waals surface area contributed by atoms with Crippen molar-refractivity contribution in [3.05, 3.63) is 0 Å². The van der Waals surface area contributed by atoms with Crippen LogP contribution < -0.4 is 0 Å². The maximum Gasteiger partial charge on any atom is 0.411 e. The molecule has 1 amide bonds. The van der Waals surface area contributed by atoms with Crippen LogP contribution in [-0.2, 0) is 14.3 Å². The van der Waals surface area contributed by atoms with Crippen molar-refractivity contribution < 1.29 is 24.2 Å². The fourth-order valence-corrected chi connectivity index (χ4v) is 2.07. The van der Waals surface area contributed by atoms with Crippen LogP contribution in [0, 0.1) is 0 Å². The molecule has 1 N–H and O–H groups in total. The van der Waals surface area contributed by atoms with Gasteiger partial charge in [-0.1, -0.05) is 0 Å². The van der Waals surface area contributed by atoms with Crippen LogP contribution in [0.1, 0.15) is 33.6 Å². The zero-order chi connectivity index (χ0) is 13.9. The summed E-state index contributed by atoms with van der Waals surface area (Å²) in [6, 6.07) is -1.05. The quantitative estimate of drug-likeness (QED) is 0.831. The fourth-order valence-electron chi connectivity index (χ4n) is 2.07. The number of ether oxygens (including phenoxy) is 2. The van der Waals surface area contributed by atoms with E-state index in [-0.39, 0.29) is 6.04 Å². The molecule has 18 heavy (non-hydrogen) atoms. The molecule has 6 heteroatoms. The summed E-state index contributed by atoms with van der Waals surface area (Å²) >= 11 is 0. The predicted molar refractivity (Wildman–Crippen MR) is 64.4 cm³/mol. The summed E-state index contributed by atoms with van der Waals surface area (Å²) in [7, 11) is 1.53. The van der Waals surface area contributed by atoms with Crippen LogP contribution in [0.15, 0.2) is 0 Å². The second kappa shape index (κ2) is 5.56. The van der Waals surface area contributed by atoms with Gasteiger partial charge in [0, 0.05) is 7.11 Å². The smallest absolute Gasteiger partial charge is 0.411 e. The summed E-state index contributed by atoms with van der Waals surface area (Å²) in [6.45, 7) is 5.58. The second-order valence-electron chi connectivity index (χ2n) is 5.43. The Bertz CT molecular complexity index is 323. The van der Waals surface area contributed by atoms with Gasteiger partial charge in [-0.2, -0.15) is 0 Å². The Morgan fingerprint density at radius 3 is 2.39 bits per heavy atom. The number of carboxylic acids is 1. The Morgan fingerprint density at radius 1 is 1.33 bits per heavy atom. The molecule has 2 atom stereocenters. The van der Waals surface area contributed by atoms with Crippen LogP contribution in [-0.4, -0.2) is 53.5 Å². The van der Waals surface area contributed by atoms with Crippen molar-refractivity contribution in [2.75, 3.05) is 13.7 Å². The van der Waals surface area contributed by atoms with Crippen molar-refractivity contribution in [2.24, 2.45) is 0 Å². The summed E-state index contributed by atoms with van der Waals surface area (Å²) in [6.07, 6.45) is 0.460. The number of aliphatic carboxylic acids is 1. The molecule has 6 nitrogen and oxygen atoms in total. The number of carbonyl (C=O) groups is 2. The molecule has 0 aromatic heterocycles. The van der Waals surface area contributed by atoms with Crippen LogP contribution in [0.3, 0.4) is 0 Å². The molecule has 0 aliphatic carbocycles. The van der Waals surface area contributed by atoms with Crippen molar-refractivity contribution in [1.82, 2.24) is 4.90 Å². The Hall–Kier alpha value is -1.30. The lowest BCUT2D eigenvalue weighted by Gasteiger charge is -2.30. The molecule has 0 saturated carbocycles. The van der Waals surface area contributed by atoms with Crippen LogP contribution >= 0.6 is 0 Å². The van der Waals surface area contributed by atoms with E-state index in [1.807, 2.05) is 0 Å². The molecule has 1 saturated heterocycles. The first-order valence-corrected chi connectivity index (χ1v) is 5.99. The first kappa shape index (κ1) is 14.8. The normalized spacial score (nSPS) is 24.1. The van der Waals surface area contributed by atoms with Crippen molar-refractivity contribution in [1.29, 1.82) is 0 Å². The molecule has 1 aliphatic heterocycles. The third kappa shape index (κ3) is 3.60. The lowest BCUT2D eigenvalue weighted by molar-refractivity contribution is -0.142. The standard InChI is InChI=1S/C12H21NO5/c1-12(2,3)18-11(16)13-8(7-17-4)5-6-9(13)10(14)15/h8-9H,5-7H2,1-4H3,(H,14,15). The lowest BCUT2D eigenvalue weighted by atomic mass is 10.2. The molecule has 0 aromatic carbocycles. The average molecular weight is 259 g/mol. The number of hydrogen-bond acceptors (Lipinski definition) is 4. The Balaban J connectivity index is 2.82. The molecule has 1 aliphatic rings. The van der Waals surface area contributed by atoms with Crippen molar-refractivity contribution >= 4 is 12.1 Å². The monoisotopic (exact) mass is 259 g/mol. The molecule has 0 bridgehead atoms. The molecular formula is C12H21NO5. The number of rotatable bonds is 3. The Kier molecular flexibility index (Phi) is 4.56. The Morgan fingerprint density at radius 2 is 1.94 bits per heavy atom. The second-order valence-corrected chi connectivity index (χ2v) is 5.43. The summed E-state index contributed by atoms with van der Waals surface area (Å²) in [5, 5.41) is 9.13. The summed E-state index contributed by atoms with van der Waals surface area (Å²) in [5.41, 5.74) is -0.639. The molecule has 1 fully saturated rings. The topological polar surface area (TPSA) is 76.1 Å². The fraction of sp³-hybridized carbons (Fsp3) is 0.833. The van der Waals surface area contributed by atoms with Crippen molar-refractivity contribution in [2.45, 2.75) is 51.3 Å². The minimum atomic E-state index is -1.00. The van der Waals surface area contributed by atoms with Gasteiger partial charge in [0.2, 0.25) is 0 Å². The van der Waals surface area contributed by atoms with Gasteiger partial charge in [-0.3, -0.25) is 4.90 Å². The van der Waals surface area contributed by atoms with Gasteiger partial charge in [-0.15, -0.1) is 0 Å². The molecule has 0 radical (unpaired) electrons. The van der Waals surface area contributed by atoms with Crippen molar-refractivity contribution in [3.8, 4) is 0 Å². The number of hydrogen-bond donors (Lipinski definition) is 1. The minimum Gasteiger partial charge on any atom is -0.480 e. The average Bonchev–Trinajstić information content (AvgIpc) is 2.59. The first-order chi connectivity index (χ1) is 8.26. The van der Waals surface area contributed by atoms with Crippen LogP contribution in [0.4, 0.5) is 4.79 Å². The zero-order valence-corrected chi connectivity index (χ0v) is 11.3. The first-order valence-electron chi connectivity index (χ1n) is 5.99. The number of carboxylic acid groups (broad SMARTS) is 1. The summed E-state index contributed by atoms with van der Waals surface area (Å²) in [5.74, 6) is -1.00. The van der Waals surface area contributed by atoms with E-state index in [0.29, 0.717) is 19.4 Å². The van der Waals surface area contributed by atoms with Gasteiger partial charge in [-0.25, -0.2) is 9.59 Å². The van der Waals surface area contributed by atoms with E-state index >= 15 is 0 Å². The van der Waals surface area contributed by atoms with Gasteiger partial charge in [0.1, 0.15) is 11.6 Å². The third-order valence-corrected chi connectivity index (χ3v) is 2.75. The van der Waals surface area contributed by atoms with Crippen molar-refractivity contribution in [3.63, 3.8) is 0 Å². The Labute approximate surface area is 107 Å². The highest BCUT2D eigenvalue weighted by Gasteiger charge is 2.42. The van der Waals surface area contributed by atoms with Gasteiger partial charge >= 0.3 is 12.1 Å². The number of carbonyl (C=O) groups excluding carboxylic acids is 1. The van der Waals surface area contributed by atoms with Gasteiger partial charge in [0.05, 0.1) is 12.6 Å². The van der Waals surface area contributed by atoms with E-state index in [0.717, 1.165) is 0 Å². The SMILES string of the molecule is COCC1CCC(C(=O)O)N1C(=O)OC(C)(C)C. The van der Waals surface area contributed by atoms with E-state index in [2.05, 4.69) is 0 Å². The molecule has 0 aromatic rings. The molecule has 1 heterocycles. The highest BCUT2D eigenvalue weighted by atomic mass is 16.6. The predicted octanol–water partition coefficient (Wildman–Crippen LogP) is 1.49. The van der Waals surface area contributed by atoms with E-state index < -0.39 is 23.7 Å². The molecule has 2 unspecified atom stereocenters. The summed E-state index contributed by atoms with van der Waals surface area (Å²) < 4.78 is 10.3. The van der Waals surface area contributed by atoms with Gasteiger partial charge in [0.15, 0.2) is 0 Å². The maximum atomic E-state index is 12.0. The highest BCUT2D eigenvalue weighted by molar-refractivity contribution is 5.81. The number of amides is 1. The van der Waals surface area contributed by atoms with Crippen LogP contribution in [0.5, 0.6) is 0 Å². The van der Waals surface area contributed by atoms with Gasteiger partial charge in [0.25, 0.3) is 0 Å². The van der Waals surface area contributed by atoms with E-state index in [4.69, 9.17) is 14.6 Å². The van der Waals surface area contributed by atoms with Crippen LogP contribution in [0.25, 0.3) is 0 Å². The highest BCUT2D eigenvalue weighted by Crippen LogP contribution is 2.27. The maximum absolute atomic E-state index is 12.0. The molecule has 104 valence electrons. The number of methoxy groups -OCH3 is 1. The molecular weight excluding hydrogens is 238 g/mol. The number of likely N-dealkylation sites (tertiary alicyclic amines) is 1. The van der Waals surface area contributed by atoms with Crippen LogP contribution in [0.2, 0.25) is 0 Å². The molecule has 1 rings (SSSR count). The van der Waals surface area contributed by atoms with E-state index in [9.17, 15) is 9.59 Å². The summed E-state index contributed by atoms with van der Waals surface area (Å²) in [4.78, 5) is 24.5. The lowest BCUT2D eigenvalue weighted by Crippen LogP contribution is -2.48. The van der Waals surface area contributed by atoms with Gasteiger partial charge in [-0.05, 0) is 33.6 Å². The minimum absolute atomic E-state index is 0.231. The molecule has 0 spiro atoms. The third-order valence-electron chi connectivity index (χ3n) is 2.75. The zero-order valence-electron chi connectivity index (χ0n) is 11.3. The van der Waals surface area contributed by atoms with Gasteiger partial charge < -0.3 is 14.6 Å². The largest absolute Gasteiger partial charge is 0.480 e.